The molecule has 16 heavy (non-hydrogen) atoms. The maximum Gasteiger partial charge on any atom is 0.274 e. The SMILES string of the molecule is CCN(CC)C(=O)c1nsc2ccccc12. The third-order valence-corrected chi connectivity index (χ3v) is 3.46. The Kier molecular flexibility index (Phi) is 3.19. The second-order valence-electron chi connectivity index (χ2n) is 3.50. The molecule has 0 N–H and O–H groups in total. The van der Waals surface area contributed by atoms with Gasteiger partial charge in [0.2, 0.25) is 0 Å². The number of benzene rings is 1. The van der Waals surface area contributed by atoms with E-state index >= 15 is 0 Å². The molecule has 0 unspecified atom stereocenters. The highest BCUT2D eigenvalue weighted by Gasteiger charge is 2.18. The Hall–Kier alpha value is -1.42. The van der Waals surface area contributed by atoms with Crippen molar-refractivity contribution < 1.29 is 4.79 Å². The van der Waals surface area contributed by atoms with E-state index < -0.39 is 0 Å². The van der Waals surface area contributed by atoms with E-state index in [0.717, 1.165) is 23.2 Å². The van der Waals surface area contributed by atoms with Crippen molar-refractivity contribution in [3.8, 4) is 0 Å². The minimum atomic E-state index is 0.0300. The van der Waals surface area contributed by atoms with Gasteiger partial charge in [-0.05, 0) is 31.4 Å². The number of hydrogen-bond acceptors (Lipinski definition) is 3. The molecule has 2 rings (SSSR count). The first-order valence-corrected chi connectivity index (χ1v) is 6.19. The number of hydrogen-bond donors (Lipinski definition) is 0. The van der Waals surface area contributed by atoms with Crippen LogP contribution in [0.5, 0.6) is 0 Å². The van der Waals surface area contributed by atoms with Gasteiger partial charge in [0.25, 0.3) is 5.91 Å². The number of nitrogens with zero attached hydrogens (tertiary/aromatic N) is 2. The largest absolute Gasteiger partial charge is 0.338 e. The van der Waals surface area contributed by atoms with Gasteiger partial charge >= 0.3 is 0 Å². The first-order chi connectivity index (χ1) is 7.77. The molecule has 1 amide bonds. The van der Waals surface area contributed by atoms with Gasteiger partial charge < -0.3 is 4.90 Å². The molecule has 1 aromatic carbocycles. The number of fused-ring (bicyclic) bond motifs is 1. The van der Waals surface area contributed by atoms with Crippen molar-refractivity contribution in [2.45, 2.75) is 13.8 Å². The number of aromatic nitrogens is 1. The molecule has 0 radical (unpaired) electrons. The molecule has 0 aliphatic rings. The Morgan fingerprint density at radius 1 is 1.31 bits per heavy atom. The summed E-state index contributed by atoms with van der Waals surface area (Å²) in [4.78, 5) is 13.9. The van der Waals surface area contributed by atoms with E-state index in [0.29, 0.717) is 5.69 Å². The summed E-state index contributed by atoms with van der Waals surface area (Å²) in [6, 6.07) is 7.85. The number of rotatable bonds is 3. The zero-order chi connectivity index (χ0) is 11.5. The van der Waals surface area contributed by atoms with Crippen LogP contribution in [0.1, 0.15) is 24.3 Å². The van der Waals surface area contributed by atoms with E-state index in [1.165, 1.54) is 11.5 Å². The molecule has 0 saturated carbocycles. The predicted octanol–water partition coefficient (Wildman–Crippen LogP) is 2.78. The average Bonchev–Trinajstić information content (AvgIpc) is 2.74. The summed E-state index contributed by atoms with van der Waals surface area (Å²) in [6.07, 6.45) is 0. The van der Waals surface area contributed by atoms with E-state index in [1.807, 2.05) is 38.1 Å². The topological polar surface area (TPSA) is 33.2 Å². The van der Waals surface area contributed by atoms with Crippen LogP contribution in [0.15, 0.2) is 24.3 Å². The average molecular weight is 234 g/mol. The maximum absolute atomic E-state index is 12.2. The molecule has 0 spiro atoms. The second-order valence-corrected chi connectivity index (χ2v) is 4.31. The molecule has 4 heteroatoms. The lowest BCUT2D eigenvalue weighted by Gasteiger charge is -2.17. The fourth-order valence-electron chi connectivity index (χ4n) is 1.70. The van der Waals surface area contributed by atoms with Gasteiger partial charge in [0.05, 0.1) is 4.70 Å². The van der Waals surface area contributed by atoms with Gasteiger partial charge in [-0.3, -0.25) is 4.79 Å². The Balaban J connectivity index is 2.43. The Morgan fingerprint density at radius 3 is 2.69 bits per heavy atom. The first-order valence-electron chi connectivity index (χ1n) is 5.41. The van der Waals surface area contributed by atoms with E-state index in [9.17, 15) is 4.79 Å². The van der Waals surface area contributed by atoms with Crippen molar-refractivity contribution in [1.82, 2.24) is 9.27 Å². The van der Waals surface area contributed by atoms with Crippen molar-refractivity contribution in [2.75, 3.05) is 13.1 Å². The summed E-state index contributed by atoms with van der Waals surface area (Å²) < 4.78 is 5.33. The van der Waals surface area contributed by atoms with Crippen LogP contribution in [0.4, 0.5) is 0 Å². The van der Waals surface area contributed by atoms with Crippen LogP contribution in [-0.4, -0.2) is 28.3 Å². The fourth-order valence-corrected chi connectivity index (χ4v) is 2.47. The van der Waals surface area contributed by atoms with Crippen molar-refractivity contribution in [2.24, 2.45) is 0 Å². The van der Waals surface area contributed by atoms with Crippen molar-refractivity contribution in [3.05, 3.63) is 30.0 Å². The summed E-state index contributed by atoms with van der Waals surface area (Å²) in [5, 5.41) is 0.962. The van der Waals surface area contributed by atoms with Crippen LogP contribution in [0.2, 0.25) is 0 Å². The van der Waals surface area contributed by atoms with Gasteiger partial charge in [0.1, 0.15) is 5.69 Å². The smallest absolute Gasteiger partial charge is 0.274 e. The third kappa shape index (κ3) is 1.80. The molecular formula is C12H14N2OS. The molecule has 84 valence electrons. The molecule has 1 heterocycles. The summed E-state index contributed by atoms with van der Waals surface area (Å²) in [5.74, 6) is 0.0300. The second kappa shape index (κ2) is 4.61. The number of amides is 1. The highest BCUT2D eigenvalue weighted by molar-refractivity contribution is 7.13. The summed E-state index contributed by atoms with van der Waals surface area (Å²) in [6.45, 7) is 5.41. The maximum atomic E-state index is 12.2. The molecule has 1 aromatic heterocycles. The Bertz CT molecular complexity index is 502. The van der Waals surface area contributed by atoms with Gasteiger partial charge in [0, 0.05) is 18.5 Å². The monoisotopic (exact) mass is 234 g/mol. The van der Waals surface area contributed by atoms with Gasteiger partial charge in [-0.15, -0.1) is 0 Å². The van der Waals surface area contributed by atoms with Crippen molar-refractivity contribution >= 4 is 27.5 Å². The molecule has 2 aromatic rings. The van der Waals surface area contributed by atoms with Crippen LogP contribution >= 0.6 is 11.5 Å². The first kappa shape index (κ1) is 11.1. The highest BCUT2D eigenvalue weighted by atomic mass is 32.1. The van der Waals surface area contributed by atoms with Crippen molar-refractivity contribution in [3.63, 3.8) is 0 Å². The van der Waals surface area contributed by atoms with Gasteiger partial charge in [0.15, 0.2) is 0 Å². The zero-order valence-corrected chi connectivity index (χ0v) is 10.3. The van der Waals surface area contributed by atoms with E-state index in [2.05, 4.69) is 4.37 Å². The lowest BCUT2D eigenvalue weighted by molar-refractivity contribution is 0.0770. The third-order valence-electron chi connectivity index (χ3n) is 2.63. The fraction of sp³-hybridized carbons (Fsp3) is 0.333. The highest BCUT2D eigenvalue weighted by Crippen LogP contribution is 2.23. The van der Waals surface area contributed by atoms with Crippen LogP contribution in [0.3, 0.4) is 0 Å². The molecule has 0 aliphatic heterocycles. The minimum absolute atomic E-state index is 0.0300. The van der Waals surface area contributed by atoms with Crippen LogP contribution in [-0.2, 0) is 0 Å². The molecular weight excluding hydrogens is 220 g/mol. The quantitative estimate of drug-likeness (QED) is 0.818. The van der Waals surface area contributed by atoms with Crippen LogP contribution < -0.4 is 0 Å². The number of carbonyl (C=O) groups is 1. The molecule has 3 nitrogen and oxygen atoms in total. The van der Waals surface area contributed by atoms with Gasteiger partial charge in [-0.25, -0.2) is 0 Å². The lowest BCUT2D eigenvalue weighted by Crippen LogP contribution is -2.30. The summed E-state index contributed by atoms with van der Waals surface area (Å²) in [5.41, 5.74) is 0.587. The van der Waals surface area contributed by atoms with Crippen molar-refractivity contribution in [1.29, 1.82) is 0 Å². The number of carbonyl (C=O) groups excluding carboxylic acids is 1. The molecule has 0 bridgehead atoms. The summed E-state index contributed by atoms with van der Waals surface area (Å²) in [7, 11) is 0. The minimum Gasteiger partial charge on any atom is -0.338 e. The predicted molar refractivity (Wildman–Crippen MR) is 66.9 cm³/mol. The normalized spacial score (nSPS) is 10.6. The molecule has 0 atom stereocenters. The standard InChI is InChI=1S/C12H14N2OS/c1-3-14(4-2)12(15)11-9-7-5-6-8-10(9)16-13-11/h5-8H,3-4H2,1-2H3. The van der Waals surface area contributed by atoms with Crippen LogP contribution in [0.25, 0.3) is 10.1 Å². The van der Waals surface area contributed by atoms with Crippen LogP contribution in [0, 0.1) is 0 Å². The Labute approximate surface area is 98.9 Å². The van der Waals surface area contributed by atoms with Gasteiger partial charge in [-0.2, -0.15) is 4.37 Å². The van der Waals surface area contributed by atoms with E-state index in [4.69, 9.17) is 0 Å². The zero-order valence-electron chi connectivity index (χ0n) is 9.43. The Morgan fingerprint density at radius 2 is 2.00 bits per heavy atom. The molecule has 0 aliphatic carbocycles. The van der Waals surface area contributed by atoms with E-state index in [1.54, 1.807) is 4.90 Å². The molecule has 0 fully saturated rings. The van der Waals surface area contributed by atoms with E-state index in [-0.39, 0.29) is 5.91 Å². The van der Waals surface area contributed by atoms with Gasteiger partial charge in [-0.1, -0.05) is 18.2 Å². The molecule has 0 saturated heterocycles. The summed E-state index contributed by atoms with van der Waals surface area (Å²) >= 11 is 1.38. The lowest BCUT2D eigenvalue weighted by atomic mass is 10.2.